The second kappa shape index (κ2) is 8.44. The van der Waals surface area contributed by atoms with Gasteiger partial charge in [0.2, 0.25) is 5.91 Å². The second-order valence-corrected chi connectivity index (χ2v) is 4.74. The summed E-state index contributed by atoms with van der Waals surface area (Å²) in [6.07, 6.45) is 2.97. The minimum absolute atomic E-state index is 0.109. The summed E-state index contributed by atoms with van der Waals surface area (Å²) in [7, 11) is 4.08. The van der Waals surface area contributed by atoms with Gasteiger partial charge in [0, 0.05) is 39.2 Å². The highest BCUT2D eigenvalue weighted by Crippen LogP contribution is 2.10. The van der Waals surface area contributed by atoms with Crippen molar-refractivity contribution in [3.8, 4) is 0 Å². The van der Waals surface area contributed by atoms with Crippen LogP contribution in [0.4, 0.5) is 0 Å². The lowest BCUT2D eigenvalue weighted by Crippen LogP contribution is -2.34. The summed E-state index contributed by atoms with van der Waals surface area (Å²) in [5.41, 5.74) is 0. The standard InChI is InChI=1S/C12H25N3O2/c1-15(2)8-7-13-6-5-12(16)14-10-11-4-3-9-17-11/h11,13H,3-10H2,1-2H3,(H,14,16). The number of hydrogen-bond donors (Lipinski definition) is 2. The van der Waals surface area contributed by atoms with Gasteiger partial charge in [-0.05, 0) is 26.9 Å². The van der Waals surface area contributed by atoms with Gasteiger partial charge in [-0.1, -0.05) is 0 Å². The fourth-order valence-corrected chi connectivity index (χ4v) is 1.75. The number of carbonyl (C=O) groups excluding carboxylic acids is 1. The van der Waals surface area contributed by atoms with Crippen molar-refractivity contribution < 1.29 is 9.53 Å². The number of carbonyl (C=O) groups is 1. The molecular weight excluding hydrogens is 218 g/mol. The third kappa shape index (κ3) is 7.31. The average molecular weight is 243 g/mol. The normalized spacial score (nSPS) is 19.8. The molecule has 0 spiro atoms. The molecule has 100 valence electrons. The third-order valence-corrected chi connectivity index (χ3v) is 2.82. The number of nitrogens with zero attached hydrogens (tertiary/aromatic N) is 1. The van der Waals surface area contributed by atoms with Gasteiger partial charge in [0.05, 0.1) is 6.10 Å². The van der Waals surface area contributed by atoms with Gasteiger partial charge in [0.15, 0.2) is 0 Å². The Morgan fingerprint density at radius 2 is 2.24 bits per heavy atom. The molecule has 1 aliphatic heterocycles. The Morgan fingerprint density at radius 3 is 2.88 bits per heavy atom. The Hall–Kier alpha value is -0.650. The number of ether oxygens (including phenoxy) is 1. The first-order chi connectivity index (χ1) is 8.18. The predicted octanol–water partition coefficient (Wildman–Crippen LogP) is -0.177. The maximum absolute atomic E-state index is 11.5. The fourth-order valence-electron chi connectivity index (χ4n) is 1.75. The smallest absolute Gasteiger partial charge is 0.221 e. The lowest BCUT2D eigenvalue weighted by atomic mass is 10.2. The first-order valence-corrected chi connectivity index (χ1v) is 6.42. The van der Waals surface area contributed by atoms with Crippen molar-refractivity contribution in [2.24, 2.45) is 0 Å². The Morgan fingerprint density at radius 1 is 1.41 bits per heavy atom. The van der Waals surface area contributed by atoms with Crippen LogP contribution in [0.25, 0.3) is 0 Å². The van der Waals surface area contributed by atoms with Gasteiger partial charge >= 0.3 is 0 Å². The summed E-state index contributed by atoms with van der Waals surface area (Å²) in [6, 6.07) is 0. The zero-order chi connectivity index (χ0) is 12.5. The van der Waals surface area contributed by atoms with Crippen LogP contribution in [0.5, 0.6) is 0 Å². The largest absolute Gasteiger partial charge is 0.376 e. The summed E-state index contributed by atoms with van der Waals surface area (Å²) in [4.78, 5) is 13.6. The molecule has 0 aromatic carbocycles. The Kier molecular flexibility index (Phi) is 7.16. The SMILES string of the molecule is CN(C)CCNCCC(=O)NCC1CCCO1. The monoisotopic (exact) mass is 243 g/mol. The summed E-state index contributed by atoms with van der Waals surface area (Å²) in [5.74, 6) is 0.109. The molecule has 5 nitrogen and oxygen atoms in total. The van der Waals surface area contributed by atoms with E-state index in [0.29, 0.717) is 13.0 Å². The van der Waals surface area contributed by atoms with Crippen LogP contribution in [-0.4, -0.2) is 63.8 Å². The molecule has 1 saturated heterocycles. The Balaban J connectivity index is 1.90. The van der Waals surface area contributed by atoms with E-state index in [0.717, 1.165) is 39.1 Å². The molecule has 0 bridgehead atoms. The van der Waals surface area contributed by atoms with Crippen molar-refractivity contribution in [1.29, 1.82) is 0 Å². The molecule has 0 aromatic heterocycles. The second-order valence-electron chi connectivity index (χ2n) is 4.74. The molecule has 1 atom stereocenters. The Bertz CT molecular complexity index is 216. The third-order valence-electron chi connectivity index (χ3n) is 2.82. The van der Waals surface area contributed by atoms with Gasteiger partial charge in [-0.15, -0.1) is 0 Å². The van der Waals surface area contributed by atoms with E-state index in [1.54, 1.807) is 0 Å². The predicted molar refractivity (Wildman–Crippen MR) is 68.0 cm³/mol. The molecule has 1 rings (SSSR count). The van der Waals surface area contributed by atoms with Gasteiger partial charge in [-0.25, -0.2) is 0 Å². The van der Waals surface area contributed by atoms with Crippen LogP contribution in [0.2, 0.25) is 0 Å². The summed E-state index contributed by atoms with van der Waals surface area (Å²) in [6.45, 7) is 4.16. The van der Waals surface area contributed by atoms with Crippen molar-refractivity contribution in [3.05, 3.63) is 0 Å². The lowest BCUT2D eigenvalue weighted by Gasteiger charge is -2.12. The topological polar surface area (TPSA) is 53.6 Å². The molecule has 2 N–H and O–H groups in total. The zero-order valence-electron chi connectivity index (χ0n) is 11.0. The number of amides is 1. The van der Waals surface area contributed by atoms with E-state index in [4.69, 9.17) is 4.74 Å². The fraction of sp³-hybridized carbons (Fsp3) is 0.917. The number of likely N-dealkylation sites (N-methyl/N-ethyl adjacent to an activating group) is 1. The highest BCUT2D eigenvalue weighted by molar-refractivity contribution is 5.76. The number of rotatable bonds is 8. The van der Waals surface area contributed by atoms with Crippen LogP contribution in [-0.2, 0) is 9.53 Å². The van der Waals surface area contributed by atoms with Gasteiger partial charge in [0.25, 0.3) is 0 Å². The van der Waals surface area contributed by atoms with Crippen molar-refractivity contribution >= 4 is 5.91 Å². The van der Waals surface area contributed by atoms with Crippen LogP contribution in [0, 0.1) is 0 Å². The molecular formula is C12H25N3O2. The van der Waals surface area contributed by atoms with Crippen molar-refractivity contribution in [2.45, 2.75) is 25.4 Å². The molecule has 17 heavy (non-hydrogen) atoms. The molecule has 1 heterocycles. The van der Waals surface area contributed by atoms with E-state index in [1.807, 2.05) is 14.1 Å². The zero-order valence-corrected chi connectivity index (χ0v) is 11.0. The van der Waals surface area contributed by atoms with E-state index in [2.05, 4.69) is 15.5 Å². The molecule has 5 heteroatoms. The minimum Gasteiger partial charge on any atom is -0.376 e. The van der Waals surface area contributed by atoms with E-state index in [1.165, 1.54) is 0 Å². The summed E-state index contributed by atoms with van der Waals surface area (Å²) >= 11 is 0. The van der Waals surface area contributed by atoms with Crippen LogP contribution in [0.3, 0.4) is 0 Å². The highest BCUT2D eigenvalue weighted by Gasteiger charge is 2.15. The van der Waals surface area contributed by atoms with E-state index >= 15 is 0 Å². The van der Waals surface area contributed by atoms with Crippen molar-refractivity contribution in [3.63, 3.8) is 0 Å². The molecule has 0 aliphatic carbocycles. The average Bonchev–Trinajstić information content (AvgIpc) is 2.78. The first kappa shape index (κ1) is 14.4. The quantitative estimate of drug-likeness (QED) is 0.581. The Labute approximate surface area is 104 Å². The number of hydrogen-bond acceptors (Lipinski definition) is 4. The minimum atomic E-state index is 0.109. The maximum Gasteiger partial charge on any atom is 0.221 e. The molecule has 1 unspecified atom stereocenters. The van der Waals surface area contributed by atoms with Crippen molar-refractivity contribution in [1.82, 2.24) is 15.5 Å². The highest BCUT2D eigenvalue weighted by atomic mass is 16.5. The van der Waals surface area contributed by atoms with E-state index in [-0.39, 0.29) is 12.0 Å². The lowest BCUT2D eigenvalue weighted by molar-refractivity contribution is -0.121. The van der Waals surface area contributed by atoms with Crippen LogP contribution >= 0.6 is 0 Å². The molecule has 1 amide bonds. The molecule has 1 aliphatic rings. The summed E-state index contributed by atoms with van der Waals surface area (Å²) < 4.78 is 5.44. The van der Waals surface area contributed by atoms with Gasteiger partial charge in [-0.3, -0.25) is 4.79 Å². The molecule has 0 saturated carbocycles. The first-order valence-electron chi connectivity index (χ1n) is 6.42. The van der Waals surface area contributed by atoms with E-state index in [9.17, 15) is 4.79 Å². The van der Waals surface area contributed by atoms with Crippen LogP contribution in [0.15, 0.2) is 0 Å². The van der Waals surface area contributed by atoms with Gasteiger partial charge in [-0.2, -0.15) is 0 Å². The molecule has 0 aromatic rings. The van der Waals surface area contributed by atoms with Crippen LogP contribution < -0.4 is 10.6 Å². The number of nitrogens with one attached hydrogen (secondary N) is 2. The van der Waals surface area contributed by atoms with Gasteiger partial charge in [0.1, 0.15) is 0 Å². The molecule has 1 fully saturated rings. The van der Waals surface area contributed by atoms with Crippen molar-refractivity contribution in [2.75, 3.05) is 46.9 Å². The van der Waals surface area contributed by atoms with E-state index < -0.39 is 0 Å². The van der Waals surface area contributed by atoms with Gasteiger partial charge < -0.3 is 20.3 Å². The summed E-state index contributed by atoms with van der Waals surface area (Å²) in [5, 5.41) is 6.15. The molecule has 0 radical (unpaired) electrons. The van der Waals surface area contributed by atoms with Crippen LogP contribution in [0.1, 0.15) is 19.3 Å². The maximum atomic E-state index is 11.5.